The maximum Gasteiger partial charge on any atom is 0.282 e. The van der Waals surface area contributed by atoms with Gasteiger partial charge in [-0.3, -0.25) is 15.0 Å². The number of methoxy groups -OCH3 is 1. The first kappa shape index (κ1) is 22.0. The van der Waals surface area contributed by atoms with Gasteiger partial charge in [-0.05, 0) is 48.0 Å². The monoisotopic (exact) mass is 444 g/mol. The Hall–Kier alpha value is -4.26. The van der Waals surface area contributed by atoms with E-state index in [0.717, 1.165) is 5.75 Å². The lowest BCUT2D eigenvalue weighted by molar-refractivity contribution is -0.117. The molecule has 0 aliphatic carbocycles. The molecule has 0 radical (unpaired) electrons. The van der Waals surface area contributed by atoms with Gasteiger partial charge in [-0.25, -0.2) is 5.01 Å². The molecule has 0 atom stereocenters. The van der Waals surface area contributed by atoms with Crippen molar-refractivity contribution in [3.8, 4) is 17.2 Å². The van der Waals surface area contributed by atoms with Crippen molar-refractivity contribution in [1.82, 2.24) is 5.43 Å². The molecule has 0 unspecified atom stereocenters. The molecule has 1 N–H and O–H groups in total. The molecule has 1 aliphatic rings. The number of rotatable bonds is 9. The minimum atomic E-state index is -0.457. The normalized spacial score (nSPS) is 14.3. The first-order valence-corrected chi connectivity index (χ1v) is 10.6. The SMILES string of the molecule is COc1cc(C=C2C(=O)NN(c3ccccc3)C2=O)ccc1OCCCOc1ccccc1. The van der Waals surface area contributed by atoms with Gasteiger partial charge < -0.3 is 14.2 Å². The maximum atomic E-state index is 12.8. The van der Waals surface area contributed by atoms with Crippen LogP contribution in [0, 0.1) is 0 Å². The predicted molar refractivity (Wildman–Crippen MR) is 125 cm³/mol. The number of nitrogens with one attached hydrogen (secondary N) is 1. The number of ether oxygens (including phenoxy) is 3. The zero-order valence-corrected chi connectivity index (χ0v) is 18.2. The topological polar surface area (TPSA) is 77.1 Å². The summed E-state index contributed by atoms with van der Waals surface area (Å²) in [5, 5.41) is 1.24. The molecule has 4 rings (SSSR count). The number of carbonyl (C=O) groups is 2. The molecule has 7 heteroatoms. The molecule has 168 valence electrons. The molecule has 1 fully saturated rings. The second-order valence-electron chi connectivity index (χ2n) is 7.25. The molecule has 1 saturated heterocycles. The summed E-state index contributed by atoms with van der Waals surface area (Å²) in [5.74, 6) is 1.04. The van der Waals surface area contributed by atoms with Crippen LogP contribution in [0.15, 0.2) is 84.4 Å². The van der Waals surface area contributed by atoms with E-state index in [-0.39, 0.29) is 5.57 Å². The Balaban J connectivity index is 1.38. The van der Waals surface area contributed by atoms with E-state index < -0.39 is 11.8 Å². The average Bonchev–Trinajstić information content (AvgIpc) is 3.14. The third-order valence-corrected chi connectivity index (χ3v) is 4.96. The molecule has 1 aliphatic heterocycles. The lowest BCUT2D eigenvalue weighted by atomic mass is 10.1. The van der Waals surface area contributed by atoms with Crippen LogP contribution in [0.1, 0.15) is 12.0 Å². The number of nitrogens with zero attached hydrogens (tertiary/aromatic N) is 1. The van der Waals surface area contributed by atoms with Crippen LogP contribution < -0.4 is 24.6 Å². The standard InChI is InChI=1S/C26H24N2O5/c1-31-24-18-19(13-14-23(24)33-16-8-15-32-21-11-6-3-7-12-21)17-22-25(29)27-28(26(22)30)20-9-4-2-5-10-20/h2-7,9-14,17-18H,8,15-16H2,1H3,(H,27,29). The van der Waals surface area contributed by atoms with Gasteiger partial charge >= 0.3 is 0 Å². The number of para-hydroxylation sites is 2. The minimum absolute atomic E-state index is 0.0487. The third kappa shape index (κ3) is 5.33. The van der Waals surface area contributed by atoms with Gasteiger partial charge in [-0.1, -0.05) is 42.5 Å². The van der Waals surface area contributed by atoms with Crippen LogP contribution in [-0.4, -0.2) is 32.1 Å². The summed E-state index contributed by atoms with van der Waals surface area (Å²) >= 11 is 0. The number of anilines is 1. The molecule has 2 amide bonds. The molecule has 7 nitrogen and oxygen atoms in total. The molecule has 0 aromatic heterocycles. The van der Waals surface area contributed by atoms with Crippen molar-refractivity contribution in [2.75, 3.05) is 25.3 Å². The van der Waals surface area contributed by atoms with Crippen LogP contribution in [0.5, 0.6) is 17.2 Å². The summed E-state index contributed by atoms with van der Waals surface area (Å²) in [7, 11) is 1.54. The van der Waals surface area contributed by atoms with Crippen molar-refractivity contribution in [3.05, 3.63) is 90.0 Å². The summed E-state index contributed by atoms with van der Waals surface area (Å²) in [5.41, 5.74) is 3.89. The van der Waals surface area contributed by atoms with Crippen LogP contribution in [0.4, 0.5) is 5.69 Å². The number of benzene rings is 3. The van der Waals surface area contributed by atoms with E-state index in [1.807, 2.05) is 36.4 Å². The Morgan fingerprint density at radius 2 is 1.55 bits per heavy atom. The van der Waals surface area contributed by atoms with Crippen LogP contribution in [0.3, 0.4) is 0 Å². The van der Waals surface area contributed by atoms with Crippen molar-refractivity contribution < 1.29 is 23.8 Å². The average molecular weight is 444 g/mol. The molecule has 3 aromatic carbocycles. The van der Waals surface area contributed by atoms with Gasteiger partial charge in [0, 0.05) is 6.42 Å². The maximum absolute atomic E-state index is 12.8. The first-order chi connectivity index (χ1) is 16.2. The Kier molecular flexibility index (Phi) is 6.90. The zero-order valence-electron chi connectivity index (χ0n) is 18.2. The first-order valence-electron chi connectivity index (χ1n) is 10.6. The molecule has 0 spiro atoms. The van der Waals surface area contributed by atoms with Crippen molar-refractivity contribution in [2.45, 2.75) is 6.42 Å². The van der Waals surface area contributed by atoms with Gasteiger partial charge in [0.2, 0.25) is 0 Å². The zero-order chi connectivity index (χ0) is 23.0. The largest absolute Gasteiger partial charge is 0.493 e. The van der Waals surface area contributed by atoms with Crippen LogP contribution in [-0.2, 0) is 9.59 Å². The van der Waals surface area contributed by atoms with Crippen LogP contribution in [0.25, 0.3) is 6.08 Å². The van der Waals surface area contributed by atoms with E-state index in [2.05, 4.69) is 5.43 Å². The van der Waals surface area contributed by atoms with Crippen molar-refractivity contribution >= 4 is 23.6 Å². The fraction of sp³-hybridized carbons (Fsp3) is 0.154. The Morgan fingerprint density at radius 1 is 0.848 bits per heavy atom. The highest BCUT2D eigenvalue weighted by Crippen LogP contribution is 2.30. The molecule has 33 heavy (non-hydrogen) atoms. The highest BCUT2D eigenvalue weighted by molar-refractivity contribution is 6.31. The summed E-state index contributed by atoms with van der Waals surface area (Å²) in [6, 6.07) is 23.8. The van der Waals surface area contributed by atoms with Crippen molar-refractivity contribution in [1.29, 1.82) is 0 Å². The molecule has 0 saturated carbocycles. The summed E-state index contributed by atoms with van der Waals surface area (Å²) in [6.07, 6.45) is 2.24. The highest BCUT2D eigenvalue weighted by Gasteiger charge is 2.34. The highest BCUT2D eigenvalue weighted by atomic mass is 16.5. The fourth-order valence-corrected chi connectivity index (χ4v) is 3.32. The fourth-order valence-electron chi connectivity index (χ4n) is 3.32. The van der Waals surface area contributed by atoms with Gasteiger partial charge in [-0.15, -0.1) is 0 Å². The van der Waals surface area contributed by atoms with Crippen molar-refractivity contribution in [2.24, 2.45) is 0 Å². The van der Waals surface area contributed by atoms with Gasteiger partial charge in [0.1, 0.15) is 11.3 Å². The number of amides is 2. The lowest BCUT2D eigenvalue weighted by Crippen LogP contribution is -2.35. The molecule has 0 bridgehead atoms. The van der Waals surface area contributed by atoms with E-state index >= 15 is 0 Å². The summed E-state index contributed by atoms with van der Waals surface area (Å²) in [4.78, 5) is 25.1. The summed E-state index contributed by atoms with van der Waals surface area (Å²) in [6.45, 7) is 0.988. The predicted octanol–water partition coefficient (Wildman–Crippen LogP) is 4.00. The Morgan fingerprint density at radius 3 is 2.27 bits per heavy atom. The van der Waals surface area contributed by atoms with Gasteiger partial charge in [-0.2, -0.15) is 0 Å². The van der Waals surface area contributed by atoms with E-state index in [1.54, 1.807) is 55.7 Å². The van der Waals surface area contributed by atoms with Gasteiger partial charge in [0.15, 0.2) is 11.5 Å². The van der Waals surface area contributed by atoms with Gasteiger partial charge in [0.25, 0.3) is 11.8 Å². The lowest BCUT2D eigenvalue weighted by Gasteiger charge is -2.14. The number of carbonyl (C=O) groups excluding carboxylic acids is 2. The van der Waals surface area contributed by atoms with E-state index in [1.165, 1.54) is 5.01 Å². The Labute approximate surface area is 192 Å². The number of hydrogen-bond donors (Lipinski definition) is 1. The van der Waals surface area contributed by atoms with E-state index in [4.69, 9.17) is 14.2 Å². The van der Waals surface area contributed by atoms with E-state index in [9.17, 15) is 9.59 Å². The molecule has 3 aromatic rings. The molecular weight excluding hydrogens is 420 g/mol. The van der Waals surface area contributed by atoms with Crippen LogP contribution >= 0.6 is 0 Å². The smallest absolute Gasteiger partial charge is 0.282 e. The molecular formula is C26H24N2O5. The number of hydrazine groups is 1. The minimum Gasteiger partial charge on any atom is -0.493 e. The Bertz CT molecular complexity index is 1150. The molecule has 1 heterocycles. The quantitative estimate of drug-likeness (QED) is 0.307. The summed E-state index contributed by atoms with van der Waals surface area (Å²) < 4.78 is 16.9. The second-order valence-corrected chi connectivity index (χ2v) is 7.25. The van der Waals surface area contributed by atoms with Crippen molar-refractivity contribution in [3.63, 3.8) is 0 Å². The van der Waals surface area contributed by atoms with Crippen LogP contribution in [0.2, 0.25) is 0 Å². The number of hydrogen-bond acceptors (Lipinski definition) is 5. The third-order valence-electron chi connectivity index (χ3n) is 4.96. The van der Waals surface area contributed by atoms with E-state index in [0.29, 0.717) is 42.4 Å². The second kappa shape index (κ2) is 10.4. The van der Waals surface area contributed by atoms with Gasteiger partial charge in [0.05, 0.1) is 26.0 Å².